The topological polar surface area (TPSA) is 53.3 Å². The van der Waals surface area contributed by atoms with Crippen molar-refractivity contribution in [2.75, 3.05) is 26.3 Å². The smallest absolute Gasteiger partial charge is 0.240 e. The first-order valence-corrected chi connectivity index (χ1v) is 6.59. The molecule has 1 unspecified atom stereocenters. The molecule has 4 nitrogen and oxygen atoms in total. The number of amides is 1. The van der Waals surface area contributed by atoms with Crippen molar-refractivity contribution in [3.05, 3.63) is 34.9 Å². The first-order chi connectivity index (χ1) is 9.20. The number of benzene rings is 1. The number of rotatable bonds is 3. The molecule has 100 valence electrons. The second-order valence-corrected chi connectivity index (χ2v) is 4.89. The van der Waals surface area contributed by atoms with E-state index in [-0.39, 0.29) is 5.91 Å². The van der Waals surface area contributed by atoms with Crippen molar-refractivity contribution in [1.29, 1.82) is 5.26 Å². The van der Waals surface area contributed by atoms with E-state index in [1.165, 1.54) is 0 Å². The summed E-state index contributed by atoms with van der Waals surface area (Å²) in [5, 5.41) is 9.81. The van der Waals surface area contributed by atoms with E-state index in [1.807, 2.05) is 12.1 Å². The molecule has 0 aliphatic carbocycles. The van der Waals surface area contributed by atoms with E-state index < -0.39 is 5.92 Å². The van der Waals surface area contributed by atoms with E-state index >= 15 is 0 Å². The predicted octanol–water partition coefficient (Wildman–Crippen LogP) is 1.88. The van der Waals surface area contributed by atoms with E-state index in [0.29, 0.717) is 37.7 Å². The zero-order valence-electron chi connectivity index (χ0n) is 10.5. The molecule has 0 radical (unpaired) electrons. The first-order valence-electron chi connectivity index (χ1n) is 6.21. The summed E-state index contributed by atoms with van der Waals surface area (Å²) in [6.45, 7) is 2.21. The van der Waals surface area contributed by atoms with Crippen LogP contribution in [-0.4, -0.2) is 37.1 Å². The van der Waals surface area contributed by atoms with E-state index in [2.05, 4.69) is 6.07 Å². The number of nitriles is 1. The lowest BCUT2D eigenvalue weighted by Gasteiger charge is -2.28. The van der Waals surface area contributed by atoms with Gasteiger partial charge in [-0.3, -0.25) is 4.79 Å². The van der Waals surface area contributed by atoms with Crippen LogP contribution < -0.4 is 0 Å². The molecule has 0 spiro atoms. The number of morpholine rings is 1. The zero-order chi connectivity index (χ0) is 13.7. The van der Waals surface area contributed by atoms with Crippen LogP contribution in [0.25, 0.3) is 0 Å². The van der Waals surface area contributed by atoms with E-state index in [4.69, 9.17) is 16.3 Å². The maximum absolute atomic E-state index is 12.2. The molecule has 0 saturated carbocycles. The monoisotopic (exact) mass is 278 g/mol. The Morgan fingerprint density at radius 1 is 1.47 bits per heavy atom. The fraction of sp³-hybridized carbons (Fsp3) is 0.429. The number of carbonyl (C=O) groups is 1. The van der Waals surface area contributed by atoms with Crippen molar-refractivity contribution in [1.82, 2.24) is 4.90 Å². The van der Waals surface area contributed by atoms with Gasteiger partial charge in [-0.2, -0.15) is 5.26 Å². The third-order valence-corrected chi connectivity index (χ3v) is 3.34. The maximum Gasteiger partial charge on any atom is 0.240 e. The van der Waals surface area contributed by atoms with Crippen molar-refractivity contribution in [3.63, 3.8) is 0 Å². The fourth-order valence-electron chi connectivity index (χ4n) is 2.09. The molecule has 0 bridgehead atoms. The summed E-state index contributed by atoms with van der Waals surface area (Å²) in [7, 11) is 0. The number of ether oxygens (including phenoxy) is 1. The molecule has 1 atom stereocenters. The summed E-state index contributed by atoms with van der Waals surface area (Å²) in [6, 6.07) is 9.36. The zero-order valence-corrected chi connectivity index (χ0v) is 11.3. The number of hydrogen-bond donors (Lipinski definition) is 0. The Hall–Kier alpha value is -1.57. The molecule has 1 aliphatic rings. The molecule has 1 aliphatic heterocycles. The van der Waals surface area contributed by atoms with Gasteiger partial charge in [-0.25, -0.2) is 0 Å². The van der Waals surface area contributed by atoms with Gasteiger partial charge < -0.3 is 9.64 Å². The van der Waals surface area contributed by atoms with Gasteiger partial charge in [-0.05, 0) is 24.1 Å². The molecule has 1 heterocycles. The molecule has 1 fully saturated rings. The highest BCUT2D eigenvalue weighted by molar-refractivity contribution is 6.30. The molecule has 19 heavy (non-hydrogen) atoms. The standard InChI is InChI=1S/C14H15ClN2O2/c15-13-3-1-2-11(9-13)8-12(10-16)14(18)17-4-6-19-7-5-17/h1-3,9,12H,4-8H2. The Balaban J connectivity index is 2.03. The van der Waals surface area contributed by atoms with E-state index in [0.717, 1.165) is 5.56 Å². The molecular formula is C14H15ClN2O2. The van der Waals surface area contributed by atoms with Crippen LogP contribution in [0.2, 0.25) is 5.02 Å². The normalized spacial score (nSPS) is 16.7. The Kier molecular flexibility index (Phi) is 4.78. The SMILES string of the molecule is N#CC(Cc1cccc(Cl)c1)C(=O)N1CCOCC1. The van der Waals surface area contributed by atoms with Crippen LogP contribution in [0.3, 0.4) is 0 Å². The van der Waals surface area contributed by atoms with Crippen LogP contribution in [0.5, 0.6) is 0 Å². The summed E-state index contributed by atoms with van der Waals surface area (Å²) >= 11 is 5.90. The van der Waals surface area contributed by atoms with Crippen LogP contribution in [0.4, 0.5) is 0 Å². The lowest BCUT2D eigenvalue weighted by atomic mass is 9.99. The first kappa shape index (κ1) is 13.9. The summed E-state index contributed by atoms with van der Waals surface area (Å²) in [5.74, 6) is -0.776. The van der Waals surface area contributed by atoms with Gasteiger partial charge in [-0.1, -0.05) is 23.7 Å². The van der Waals surface area contributed by atoms with Gasteiger partial charge >= 0.3 is 0 Å². The van der Waals surface area contributed by atoms with Crippen molar-refractivity contribution < 1.29 is 9.53 Å². The molecule has 2 rings (SSSR count). The summed E-state index contributed by atoms with van der Waals surface area (Å²) < 4.78 is 5.20. The highest BCUT2D eigenvalue weighted by atomic mass is 35.5. The average Bonchev–Trinajstić information content (AvgIpc) is 2.45. The number of halogens is 1. The van der Waals surface area contributed by atoms with Crippen molar-refractivity contribution in [3.8, 4) is 6.07 Å². The average molecular weight is 279 g/mol. The Morgan fingerprint density at radius 2 is 2.21 bits per heavy atom. The minimum absolute atomic E-state index is 0.120. The fourth-order valence-corrected chi connectivity index (χ4v) is 2.30. The number of nitrogens with zero attached hydrogens (tertiary/aromatic N) is 2. The van der Waals surface area contributed by atoms with Crippen LogP contribution in [0, 0.1) is 17.2 Å². The second kappa shape index (κ2) is 6.55. The molecule has 0 aromatic heterocycles. The van der Waals surface area contributed by atoms with Gasteiger partial charge in [0.2, 0.25) is 5.91 Å². The lowest BCUT2D eigenvalue weighted by molar-refractivity contribution is -0.137. The summed E-state index contributed by atoms with van der Waals surface area (Å²) in [4.78, 5) is 13.9. The molecule has 1 aromatic rings. The van der Waals surface area contributed by atoms with Gasteiger partial charge in [0.1, 0.15) is 5.92 Å². The van der Waals surface area contributed by atoms with Crippen LogP contribution in [0.15, 0.2) is 24.3 Å². The molecule has 1 saturated heterocycles. The Bertz CT molecular complexity index is 492. The molecule has 5 heteroatoms. The highest BCUT2D eigenvalue weighted by Crippen LogP contribution is 2.16. The predicted molar refractivity (Wildman–Crippen MR) is 71.7 cm³/mol. The molecule has 1 aromatic carbocycles. The Morgan fingerprint density at radius 3 is 2.84 bits per heavy atom. The van der Waals surface area contributed by atoms with Gasteiger partial charge in [-0.15, -0.1) is 0 Å². The van der Waals surface area contributed by atoms with Gasteiger partial charge in [0.05, 0.1) is 19.3 Å². The number of hydrogen-bond acceptors (Lipinski definition) is 3. The third kappa shape index (κ3) is 3.69. The largest absolute Gasteiger partial charge is 0.378 e. The Labute approximate surface area is 117 Å². The van der Waals surface area contributed by atoms with E-state index in [9.17, 15) is 10.1 Å². The maximum atomic E-state index is 12.2. The van der Waals surface area contributed by atoms with E-state index in [1.54, 1.807) is 17.0 Å². The molecular weight excluding hydrogens is 264 g/mol. The third-order valence-electron chi connectivity index (χ3n) is 3.11. The minimum Gasteiger partial charge on any atom is -0.378 e. The second-order valence-electron chi connectivity index (χ2n) is 4.45. The molecule has 0 N–H and O–H groups in total. The van der Waals surface area contributed by atoms with Gasteiger partial charge in [0.15, 0.2) is 0 Å². The van der Waals surface area contributed by atoms with Crippen molar-refractivity contribution >= 4 is 17.5 Å². The van der Waals surface area contributed by atoms with Crippen molar-refractivity contribution in [2.24, 2.45) is 5.92 Å². The van der Waals surface area contributed by atoms with Crippen molar-refractivity contribution in [2.45, 2.75) is 6.42 Å². The molecule has 1 amide bonds. The highest BCUT2D eigenvalue weighted by Gasteiger charge is 2.25. The van der Waals surface area contributed by atoms with Gasteiger partial charge in [0, 0.05) is 18.1 Å². The summed E-state index contributed by atoms with van der Waals surface area (Å²) in [5.41, 5.74) is 0.903. The minimum atomic E-state index is -0.656. The van der Waals surface area contributed by atoms with Crippen LogP contribution >= 0.6 is 11.6 Å². The lowest BCUT2D eigenvalue weighted by Crippen LogP contribution is -2.43. The van der Waals surface area contributed by atoms with Crippen LogP contribution in [-0.2, 0) is 16.0 Å². The quantitative estimate of drug-likeness (QED) is 0.848. The van der Waals surface area contributed by atoms with Gasteiger partial charge in [0.25, 0.3) is 0 Å². The van der Waals surface area contributed by atoms with Crippen LogP contribution in [0.1, 0.15) is 5.56 Å². The number of carbonyl (C=O) groups excluding carboxylic acids is 1. The summed E-state index contributed by atoms with van der Waals surface area (Å²) in [6.07, 6.45) is 0.396.